The minimum atomic E-state index is -0.435. The molecule has 1 aromatic carbocycles. The number of aryl methyl sites for hydroxylation is 1. The van der Waals surface area contributed by atoms with Crippen LogP contribution in [0.25, 0.3) is 17.1 Å². The highest BCUT2D eigenvalue weighted by Crippen LogP contribution is 2.27. The van der Waals surface area contributed by atoms with Crippen LogP contribution in [0.1, 0.15) is 23.2 Å². The second-order valence-electron chi connectivity index (χ2n) is 5.20. The normalized spacial score (nSPS) is 10.9. The van der Waals surface area contributed by atoms with Gasteiger partial charge in [-0.1, -0.05) is 23.2 Å². The van der Waals surface area contributed by atoms with E-state index in [9.17, 15) is 4.79 Å². The van der Waals surface area contributed by atoms with Gasteiger partial charge in [-0.25, -0.2) is 10.2 Å². The van der Waals surface area contributed by atoms with E-state index in [2.05, 4.69) is 10.6 Å². The molecule has 0 bridgehead atoms. The Morgan fingerprint density at radius 2 is 2.04 bits per heavy atom. The van der Waals surface area contributed by atoms with Gasteiger partial charge in [0.2, 0.25) is 0 Å². The summed E-state index contributed by atoms with van der Waals surface area (Å²) in [4.78, 5) is 17.4. The number of hydrogen-bond acceptors (Lipinski definition) is 4. The Bertz CT molecular complexity index is 918. The van der Waals surface area contributed by atoms with Gasteiger partial charge in [-0.15, -0.1) is 0 Å². The van der Waals surface area contributed by atoms with Crippen LogP contribution in [-0.4, -0.2) is 22.3 Å². The maximum Gasteiger partial charge on any atom is 0.293 e. The molecule has 1 N–H and O–H groups in total. The number of rotatable bonds is 5. The quantitative estimate of drug-likeness (QED) is 0.665. The zero-order valence-electron chi connectivity index (χ0n) is 13.5. The summed E-state index contributed by atoms with van der Waals surface area (Å²) in [5.41, 5.74) is 3.74. The Morgan fingerprint density at radius 1 is 1.24 bits per heavy atom. The monoisotopic (exact) mass is 379 g/mol. The third-order valence-corrected chi connectivity index (χ3v) is 4.13. The van der Waals surface area contributed by atoms with Crippen LogP contribution in [0.3, 0.4) is 0 Å². The molecule has 0 aliphatic rings. The highest BCUT2D eigenvalue weighted by atomic mass is 35.5. The Kier molecular flexibility index (Phi) is 5.13. The first kappa shape index (κ1) is 17.5. The van der Waals surface area contributed by atoms with E-state index in [-0.39, 0.29) is 5.69 Å². The molecule has 0 fully saturated rings. The fourth-order valence-electron chi connectivity index (χ4n) is 2.24. The Balaban J connectivity index is 2.09. The molecule has 0 spiro atoms. The lowest BCUT2D eigenvalue weighted by atomic mass is 10.2. The Morgan fingerprint density at radius 3 is 2.68 bits per heavy atom. The van der Waals surface area contributed by atoms with E-state index in [0.29, 0.717) is 33.8 Å². The molecule has 0 aliphatic heterocycles. The molecular formula is C17H15Cl2N3O3. The van der Waals surface area contributed by atoms with Gasteiger partial charge >= 0.3 is 0 Å². The van der Waals surface area contributed by atoms with Gasteiger partial charge in [0.1, 0.15) is 17.1 Å². The fraction of sp³-hybridized carbons (Fsp3) is 0.176. The molecule has 130 valence electrons. The number of carbonyl (C=O) groups excluding carboxylic acids is 1. The highest BCUT2D eigenvalue weighted by molar-refractivity contribution is 6.42. The maximum absolute atomic E-state index is 12.4. The molecule has 1 amide bonds. The number of furan rings is 1. The van der Waals surface area contributed by atoms with Crippen LogP contribution < -0.4 is 5.48 Å². The molecule has 0 saturated carbocycles. The van der Waals surface area contributed by atoms with E-state index in [4.69, 9.17) is 32.5 Å². The fourth-order valence-corrected chi connectivity index (χ4v) is 2.53. The summed E-state index contributed by atoms with van der Waals surface area (Å²) < 4.78 is 7.05. The van der Waals surface area contributed by atoms with Crippen molar-refractivity contribution < 1.29 is 14.0 Å². The number of hydrogen-bond donors (Lipinski definition) is 1. The number of nitrogens with one attached hydrogen (secondary N) is 1. The van der Waals surface area contributed by atoms with E-state index in [1.54, 1.807) is 37.3 Å². The van der Waals surface area contributed by atoms with Gasteiger partial charge in [-0.3, -0.25) is 9.63 Å². The lowest BCUT2D eigenvalue weighted by Crippen LogP contribution is -2.26. The lowest BCUT2D eigenvalue weighted by molar-refractivity contribution is 0.0357. The van der Waals surface area contributed by atoms with Gasteiger partial charge in [0.25, 0.3) is 5.91 Å². The molecule has 0 atom stereocenters. The molecule has 0 radical (unpaired) electrons. The van der Waals surface area contributed by atoms with Crippen molar-refractivity contribution in [1.82, 2.24) is 15.3 Å². The second kappa shape index (κ2) is 7.31. The standard InChI is InChI=1S/C17H15Cl2N3O3/c1-3-24-21-17(23)15-9-14(16-7-4-10(2)25-16)20-22(15)11-5-6-12(18)13(19)8-11/h4-9H,3H2,1-2H3,(H,21,23). The number of aromatic nitrogens is 2. The van der Waals surface area contributed by atoms with Crippen molar-refractivity contribution in [2.45, 2.75) is 13.8 Å². The maximum atomic E-state index is 12.4. The van der Waals surface area contributed by atoms with Crippen molar-refractivity contribution in [2.24, 2.45) is 0 Å². The van der Waals surface area contributed by atoms with E-state index < -0.39 is 5.91 Å². The average molecular weight is 380 g/mol. The topological polar surface area (TPSA) is 69.3 Å². The first-order valence-electron chi connectivity index (χ1n) is 7.54. The zero-order valence-corrected chi connectivity index (χ0v) is 15.1. The molecule has 3 aromatic rings. The van der Waals surface area contributed by atoms with Gasteiger partial charge in [-0.05, 0) is 44.2 Å². The summed E-state index contributed by atoms with van der Waals surface area (Å²) in [5, 5.41) is 5.25. The summed E-state index contributed by atoms with van der Waals surface area (Å²) in [7, 11) is 0. The van der Waals surface area contributed by atoms with E-state index in [0.717, 1.165) is 5.76 Å². The minimum Gasteiger partial charge on any atom is -0.460 e. The van der Waals surface area contributed by atoms with Gasteiger partial charge < -0.3 is 4.42 Å². The van der Waals surface area contributed by atoms with E-state index in [1.807, 2.05) is 13.0 Å². The van der Waals surface area contributed by atoms with Crippen molar-refractivity contribution in [3.63, 3.8) is 0 Å². The first-order valence-corrected chi connectivity index (χ1v) is 8.29. The van der Waals surface area contributed by atoms with Gasteiger partial charge in [0, 0.05) is 6.07 Å². The number of benzene rings is 1. The first-order chi connectivity index (χ1) is 12.0. The summed E-state index contributed by atoms with van der Waals surface area (Å²) >= 11 is 12.1. The third kappa shape index (κ3) is 3.71. The van der Waals surface area contributed by atoms with Gasteiger partial charge in [0.15, 0.2) is 5.76 Å². The Labute approximate surface area is 154 Å². The number of hydroxylamine groups is 1. The van der Waals surface area contributed by atoms with Crippen LogP contribution in [0, 0.1) is 6.92 Å². The molecule has 3 rings (SSSR count). The molecule has 0 unspecified atom stereocenters. The molecular weight excluding hydrogens is 365 g/mol. The van der Waals surface area contributed by atoms with Crippen LogP contribution in [-0.2, 0) is 4.84 Å². The van der Waals surface area contributed by atoms with Gasteiger partial charge in [0.05, 0.1) is 22.3 Å². The SMILES string of the molecule is CCONC(=O)c1cc(-c2ccc(C)o2)nn1-c1ccc(Cl)c(Cl)c1. The molecule has 2 aromatic heterocycles. The van der Waals surface area contributed by atoms with Crippen molar-refractivity contribution in [2.75, 3.05) is 6.61 Å². The third-order valence-electron chi connectivity index (χ3n) is 3.39. The average Bonchev–Trinajstić information content (AvgIpc) is 3.21. The van der Waals surface area contributed by atoms with Crippen LogP contribution >= 0.6 is 23.2 Å². The molecule has 2 heterocycles. The molecule has 8 heteroatoms. The molecule has 0 saturated heterocycles. The highest BCUT2D eigenvalue weighted by Gasteiger charge is 2.19. The number of carbonyl (C=O) groups is 1. The van der Waals surface area contributed by atoms with Crippen molar-refractivity contribution in [3.8, 4) is 17.1 Å². The molecule has 25 heavy (non-hydrogen) atoms. The van der Waals surface area contributed by atoms with Crippen molar-refractivity contribution in [3.05, 3.63) is 57.9 Å². The van der Waals surface area contributed by atoms with E-state index >= 15 is 0 Å². The zero-order chi connectivity index (χ0) is 18.0. The van der Waals surface area contributed by atoms with Crippen LogP contribution in [0.15, 0.2) is 40.8 Å². The van der Waals surface area contributed by atoms with Crippen molar-refractivity contribution in [1.29, 1.82) is 0 Å². The predicted octanol–water partition coefficient (Wildman–Crippen LogP) is 4.43. The van der Waals surface area contributed by atoms with Gasteiger partial charge in [-0.2, -0.15) is 5.10 Å². The summed E-state index contributed by atoms with van der Waals surface area (Å²) in [5.74, 6) is 0.871. The number of halogens is 2. The summed E-state index contributed by atoms with van der Waals surface area (Å²) in [6, 6.07) is 10.2. The van der Waals surface area contributed by atoms with Crippen LogP contribution in [0.4, 0.5) is 0 Å². The van der Waals surface area contributed by atoms with Crippen molar-refractivity contribution >= 4 is 29.1 Å². The second-order valence-corrected chi connectivity index (χ2v) is 6.01. The number of amides is 1. The minimum absolute atomic E-state index is 0.274. The van der Waals surface area contributed by atoms with E-state index in [1.165, 1.54) is 4.68 Å². The smallest absolute Gasteiger partial charge is 0.293 e. The summed E-state index contributed by atoms with van der Waals surface area (Å²) in [6.07, 6.45) is 0. The lowest BCUT2D eigenvalue weighted by Gasteiger charge is -2.08. The summed E-state index contributed by atoms with van der Waals surface area (Å²) in [6.45, 7) is 3.95. The van der Waals surface area contributed by atoms with Crippen LogP contribution in [0.2, 0.25) is 10.0 Å². The molecule has 6 nitrogen and oxygen atoms in total. The Hall–Kier alpha value is -2.28. The molecule has 0 aliphatic carbocycles. The van der Waals surface area contributed by atoms with Crippen LogP contribution in [0.5, 0.6) is 0 Å². The number of nitrogens with zero attached hydrogens (tertiary/aromatic N) is 2. The largest absolute Gasteiger partial charge is 0.460 e. The predicted molar refractivity (Wildman–Crippen MR) is 95.1 cm³/mol.